The highest BCUT2D eigenvalue weighted by Gasteiger charge is 2.32. The van der Waals surface area contributed by atoms with Crippen molar-refractivity contribution in [3.05, 3.63) is 24.0 Å². The molecule has 1 aromatic carbocycles. The Hall–Kier alpha value is -1.51. The van der Waals surface area contributed by atoms with Crippen LogP contribution in [0, 0.1) is 5.82 Å². The van der Waals surface area contributed by atoms with Crippen molar-refractivity contribution >= 4 is 21.6 Å². The Labute approximate surface area is 123 Å². The number of anilines is 1. The minimum atomic E-state index is -3.88. The molecular weight excluding hydrogens is 297 g/mol. The maximum absolute atomic E-state index is 14.1. The number of sulfonamides is 1. The number of rotatable bonds is 3. The number of nitrogens with zero attached hydrogens (tertiary/aromatic N) is 1. The average molecular weight is 315 g/mol. The van der Waals surface area contributed by atoms with E-state index in [-0.39, 0.29) is 22.5 Å². The number of carbonyl (C=O) groups excluding carboxylic acids is 1. The van der Waals surface area contributed by atoms with Gasteiger partial charge in [-0.2, -0.15) is 4.31 Å². The number of benzene rings is 1. The molecule has 1 amide bonds. The summed E-state index contributed by atoms with van der Waals surface area (Å²) in [7, 11) is -3.88. The summed E-state index contributed by atoms with van der Waals surface area (Å²) in [5.74, 6) is -1.22. The zero-order chi connectivity index (χ0) is 15.6. The van der Waals surface area contributed by atoms with Crippen LogP contribution in [0.2, 0.25) is 0 Å². The molecule has 8 heteroatoms. The summed E-state index contributed by atoms with van der Waals surface area (Å²) in [4.78, 5) is 10.6. The van der Waals surface area contributed by atoms with Crippen molar-refractivity contribution in [3.63, 3.8) is 0 Å². The second-order valence-corrected chi connectivity index (χ2v) is 6.85. The van der Waals surface area contributed by atoms with Crippen molar-refractivity contribution < 1.29 is 17.6 Å². The molecular formula is C13H18FN3O3S. The van der Waals surface area contributed by atoms with Gasteiger partial charge in [-0.15, -0.1) is 0 Å². The van der Waals surface area contributed by atoms with Crippen LogP contribution in [-0.4, -0.2) is 44.3 Å². The van der Waals surface area contributed by atoms with Gasteiger partial charge in [0.2, 0.25) is 15.9 Å². The molecule has 1 saturated heterocycles. The van der Waals surface area contributed by atoms with Crippen LogP contribution in [0.4, 0.5) is 10.1 Å². The molecule has 1 fully saturated rings. The maximum atomic E-state index is 14.1. The van der Waals surface area contributed by atoms with Gasteiger partial charge in [-0.3, -0.25) is 4.79 Å². The molecule has 1 aliphatic rings. The van der Waals surface area contributed by atoms with Crippen LogP contribution >= 0.6 is 0 Å². The van der Waals surface area contributed by atoms with Crippen molar-refractivity contribution in [2.75, 3.05) is 25.0 Å². The van der Waals surface area contributed by atoms with Crippen LogP contribution in [-0.2, 0) is 14.8 Å². The lowest BCUT2D eigenvalue weighted by molar-refractivity contribution is -0.114. The molecule has 1 aliphatic heterocycles. The molecule has 1 heterocycles. The Bertz CT molecular complexity index is 648. The molecule has 1 aromatic rings. The van der Waals surface area contributed by atoms with E-state index in [1.807, 2.05) is 0 Å². The van der Waals surface area contributed by atoms with Gasteiger partial charge in [0.15, 0.2) is 0 Å². The number of hydrogen-bond acceptors (Lipinski definition) is 4. The highest BCUT2D eigenvalue weighted by molar-refractivity contribution is 7.89. The second kappa shape index (κ2) is 6.08. The van der Waals surface area contributed by atoms with Gasteiger partial charge in [0, 0.05) is 38.3 Å². The van der Waals surface area contributed by atoms with Crippen LogP contribution in [0.25, 0.3) is 0 Å². The molecule has 2 rings (SSSR count). The monoisotopic (exact) mass is 315 g/mol. The Morgan fingerprint density at radius 1 is 1.48 bits per heavy atom. The first-order valence-corrected chi connectivity index (χ1v) is 8.06. The molecule has 2 N–H and O–H groups in total. The van der Waals surface area contributed by atoms with Gasteiger partial charge in [0.1, 0.15) is 10.7 Å². The SMILES string of the molecule is CC(=O)Nc1ccc(S(=O)(=O)N2CCNCC2C)c(F)c1. The van der Waals surface area contributed by atoms with Gasteiger partial charge < -0.3 is 10.6 Å². The maximum Gasteiger partial charge on any atom is 0.246 e. The first-order chi connectivity index (χ1) is 9.82. The highest BCUT2D eigenvalue weighted by atomic mass is 32.2. The number of nitrogens with one attached hydrogen (secondary N) is 2. The normalized spacial score (nSPS) is 20.2. The lowest BCUT2D eigenvalue weighted by Gasteiger charge is -2.32. The number of hydrogen-bond donors (Lipinski definition) is 2. The third kappa shape index (κ3) is 3.39. The summed E-state index contributed by atoms with van der Waals surface area (Å²) in [6, 6.07) is 3.34. The van der Waals surface area contributed by atoms with Gasteiger partial charge in [-0.05, 0) is 25.1 Å². The highest BCUT2D eigenvalue weighted by Crippen LogP contribution is 2.24. The fourth-order valence-electron chi connectivity index (χ4n) is 2.30. The van der Waals surface area contributed by atoms with E-state index in [4.69, 9.17) is 0 Å². The molecule has 21 heavy (non-hydrogen) atoms. The van der Waals surface area contributed by atoms with E-state index in [0.717, 1.165) is 6.07 Å². The average Bonchev–Trinajstić information content (AvgIpc) is 2.37. The Morgan fingerprint density at radius 2 is 2.19 bits per heavy atom. The molecule has 0 bridgehead atoms. The largest absolute Gasteiger partial charge is 0.326 e. The topological polar surface area (TPSA) is 78.5 Å². The summed E-state index contributed by atoms with van der Waals surface area (Å²) in [6.45, 7) is 4.44. The van der Waals surface area contributed by atoms with E-state index in [0.29, 0.717) is 19.6 Å². The molecule has 1 unspecified atom stereocenters. The molecule has 0 aliphatic carbocycles. The summed E-state index contributed by atoms with van der Waals surface area (Å²) in [6.07, 6.45) is 0. The molecule has 116 valence electrons. The summed E-state index contributed by atoms with van der Waals surface area (Å²) < 4.78 is 40.4. The van der Waals surface area contributed by atoms with Gasteiger partial charge in [0.25, 0.3) is 0 Å². The van der Waals surface area contributed by atoms with E-state index >= 15 is 0 Å². The smallest absolute Gasteiger partial charge is 0.246 e. The van der Waals surface area contributed by atoms with E-state index in [9.17, 15) is 17.6 Å². The van der Waals surface area contributed by atoms with Crippen molar-refractivity contribution in [3.8, 4) is 0 Å². The number of carbonyl (C=O) groups is 1. The number of piperazine rings is 1. The fraction of sp³-hybridized carbons (Fsp3) is 0.462. The molecule has 1 atom stereocenters. The summed E-state index contributed by atoms with van der Waals surface area (Å²) in [5.41, 5.74) is 0.229. The lowest BCUT2D eigenvalue weighted by Crippen LogP contribution is -2.52. The Kier molecular flexibility index (Phi) is 4.60. The predicted molar refractivity (Wildman–Crippen MR) is 76.9 cm³/mol. The lowest BCUT2D eigenvalue weighted by atomic mass is 10.3. The first-order valence-electron chi connectivity index (χ1n) is 6.62. The van der Waals surface area contributed by atoms with Crippen LogP contribution in [0.1, 0.15) is 13.8 Å². The molecule has 0 spiro atoms. The Morgan fingerprint density at radius 3 is 2.76 bits per heavy atom. The minimum Gasteiger partial charge on any atom is -0.326 e. The summed E-state index contributed by atoms with van der Waals surface area (Å²) >= 11 is 0. The van der Waals surface area contributed by atoms with Crippen molar-refractivity contribution in [1.82, 2.24) is 9.62 Å². The fourth-order valence-corrected chi connectivity index (χ4v) is 3.97. The third-order valence-corrected chi connectivity index (χ3v) is 5.33. The van der Waals surface area contributed by atoms with E-state index in [1.165, 1.54) is 23.4 Å². The molecule has 0 radical (unpaired) electrons. The van der Waals surface area contributed by atoms with Gasteiger partial charge in [-0.25, -0.2) is 12.8 Å². The molecule has 0 saturated carbocycles. The number of amides is 1. The van der Waals surface area contributed by atoms with Crippen molar-refractivity contribution in [2.24, 2.45) is 0 Å². The first kappa shape index (κ1) is 15.9. The quantitative estimate of drug-likeness (QED) is 0.863. The Balaban J connectivity index is 2.34. The minimum absolute atomic E-state index is 0.229. The second-order valence-electron chi connectivity index (χ2n) is 5.00. The standard InChI is InChI=1S/C13H18FN3O3S/c1-9-8-15-5-6-17(9)21(19,20)13-4-3-11(7-12(13)14)16-10(2)18/h3-4,7,9,15H,5-6,8H2,1-2H3,(H,16,18). The van der Waals surface area contributed by atoms with Gasteiger partial charge in [-0.1, -0.05) is 0 Å². The van der Waals surface area contributed by atoms with Crippen LogP contribution in [0.3, 0.4) is 0 Å². The number of halogens is 1. The van der Waals surface area contributed by atoms with Crippen LogP contribution < -0.4 is 10.6 Å². The van der Waals surface area contributed by atoms with Gasteiger partial charge in [0.05, 0.1) is 0 Å². The van der Waals surface area contributed by atoms with E-state index in [1.54, 1.807) is 6.92 Å². The van der Waals surface area contributed by atoms with Crippen LogP contribution in [0.15, 0.2) is 23.1 Å². The van der Waals surface area contributed by atoms with Crippen LogP contribution in [0.5, 0.6) is 0 Å². The van der Waals surface area contributed by atoms with E-state index < -0.39 is 15.8 Å². The van der Waals surface area contributed by atoms with E-state index in [2.05, 4.69) is 10.6 Å². The molecule has 0 aromatic heterocycles. The molecule has 6 nitrogen and oxygen atoms in total. The summed E-state index contributed by atoms with van der Waals surface area (Å²) in [5, 5.41) is 5.50. The van der Waals surface area contributed by atoms with Gasteiger partial charge >= 0.3 is 0 Å². The van der Waals surface area contributed by atoms with Crippen molar-refractivity contribution in [2.45, 2.75) is 24.8 Å². The van der Waals surface area contributed by atoms with Crippen molar-refractivity contribution in [1.29, 1.82) is 0 Å². The zero-order valence-corrected chi connectivity index (χ0v) is 12.7. The zero-order valence-electron chi connectivity index (χ0n) is 11.9. The predicted octanol–water partition coefficient (Wildman–Crippen LogP) is 0.766. The third-order valence-electron chi connectivity index (χ3n) is 3.28.